The van der Waals surface area contributed by atoms with Gasteiger partial charge in [-0.25, -0.2) is 13.8 Å². The fraction of sp³-hybridized carbons (Fsp3) is 0.154. The van der Waals surface area contributed by atoms with Crippen LogP contribution in [0.15, 0.2) is 46.0 Å². The third kappa shape index (κ3) is 3.75. The van der Waals surface area contributed by atoms with Crippen molar-refractivity contribution in [1.29, 1.82) is 0 Å². The number of pyridine rings is 1. The van der Waals surface area contributed by atoms with Crippen molar-refractivity contribution >= 4 is 27.7 Å². The summed E-state index contributed by atoms with van der Waals surface area (Å²) in [4.78, 5) is 4.18. The van der Waals surface area contributed by atoms with Gasteiger partial charge in [-0.2, -0.15) is 0 Å². The lowest BCUT2D eigenvalue weighted by Crippen LogP contribution is -2.15. The Labute approximate surface area is 122 Å². The maximum absolute atomic E-state index is 13.5. The third-order valence-electron chi connectivity index (χ3n) is 2.48. The highest BCUT2D eigenvalue weighted by Crippen LogP contribution is 2.28. The van der Waals surface area contributed by atoms with Gasteiger partial charge in [-0.3, -0.25) is 0 Å². The van der Waals surface area contributed by atoms with Crippen LogP contribution in [-0.2, 0) is 0 Å². The Kier molecular flexibility index (Phi) is 4.90. The van der Waals surface area contributed by atoms with Gasteiger partial charge in [-0.15, -0.1) is 11.8 Å². The summed E-state index contributed by atoms with van der Waals surface area (Å²) in [5.74, 6) is -0.568. The van der Waals surface area contributed by atoms with Gasteiger partial charge in [0.2, 0.25) is 0 Å². The fourth-order valence-electron chi connectivity index (χ4n) is 1.53. The SMILES string of the molecule is NC(CSc1ncccc1Br)c1cc(F)ccc1F. The second-order valence-corrected chi connectivity index (χ2v) is 5.74. The summed E-state index contributed by atoms with van der Waals surface area (Å²) in [6.07, 6.45) is 1.67. The molecule has 0 aliphatic carbocycles. The number of halogens is 3. The van der Waals surface area contributed by atoms with Crippen molar-refractivity contribution in [2.45, 2.75) is 11.1 Å². The second-order valence-electron chi connectivity index (χ2n) is 3.87. The highest BCUT2D eigenvalue weighted by Gasteiger charge is 2.14. The number of hydrogen-bond donors (Lipinski definition) is 1. The van der Waals surface area contributed by atoms with Gasteiger partial charge in [0.15, 0.2) is 0 Å². The number of thioether (sulfide) groups is 1. The van der Waals surface area contributed by atoms with Gasteiger partial charge in [-0.1, -0.05) is 0 Å². The second kappa shape index (κ2) is 6.45. The Morgan fingerprint density at radius 1 is 1.32 bits per heavy atom. The molecule has 1 unspecified atom stereocenters. The maximum atomic E-state index is 13.5. The Morgan fingerprint density at radius 2 is 2.11 bits per heavy atom. The van der Waals surface area contributed by atoms with Gasteiger partial charge in [-0.05, 0) is 46.3 Å². The molecule has 2 rings (SSSR count). The molecule has 0 spiro atoms. The molecule has 1 aromatic carbocycles. The van der Waals surface area contributed by atoms with E-state index in [1.165, 1.54) is 11.8 Å². The molecular formula is C13H11BrF2N2S. The summed E-state index contributed by atoms with van der Waals surface area (Å²) in [5, 5.41) is 0.773. The van der Waals surface area contributed by atoms with E-state index in [9.17, 15) is 8.78 Å². The molecule has 0 saturated carbocycles. The van der Waals surface area contributed by atoms with Crippen LogP contribution in [0.5, 0.6) is 0 Å². The molecular weight excluding hydrogens is 334 g/mol. The van der Waals surface area contributed by atoms with Gasteiger partial charge < -0.3 is 5.73 Å². The first-order chi connectivity index (χ1) is 9.08. The normalized spacial score (nSPS) is 12.4. The van der Waals surface area contributed by atoms with E-state index in [4.69, 9.17) is 5.73 Å². The summed E-state index contributed by atoms with van der Waals surface area (Å²) in [5.41, 5.74) is 6.07. The van der Waals surface area contributed by atoms with E-state index in [0.717, 1.165) is 27.7 Å². The molecule has 0 aliphatic rings. The minimum Gasteiger partial charge on any atom is -0.323 e. The highest BCUT2D eigenvalue weighted by atomic mass is 79.9. The standard InChI is InChI=1S/C13H11BrF2N2S/c14-10-2-1-5-18-13(10)19-7-12(17)9-6-8(15)3-4-11(9)16/h1-6,12H,7,17H2. The topological polar surface area (TPSA) is 38.9 Å². The number of benzene rings is 1. The van der Waals surface area contributed by atoms with Crippen LogP contribution in [0, 0.1) is 11.6 Å². The van der Waals surface area contributed by atoms with Crippen molar-refractivity contribution in [3.8, 4) is 0 Å². The zero-order valence-electron chi connectivity index (χ0n) is 9.82. The molecule has 1 heterocycles. The smallest absolute Gasteiger partial charge is 0.128 e. The van der Waals surface area contributed by atoms with Crippen molar-refractivity contribution in [3.63, 3.8) is 0 Å². The molecule has 1 aromatic heterocycles. The summed E-state index contributed by atoms with van der Waals surface area (Å²) in [7, 11) is 0. The van der Waals surface area contributed by atoms with Crippen molar-refractivity contribution < 1.29 is 8.78 Å². The minimum absolute atomic E-state index is 0.180. The lowest BCUT2D eigenvalue weighted by molar-refractivity contribution is 0.573. The number of hydrogen-bond acceptors (Lipinski definition) is 3. The Morgan fingerprint density at radius 3 is 2.84 bits per heavy atom. The maximum Gasteiger partial charge on any atom is 0.128 e. The summed E-state index contributed by atoms with van der Waals surface area (Å²) >= 11 is 4.76. The zero-order chi connectivity index (χ0) is 13.8. The van der Waals surface area contributed by atoms with Crippen LogP contribution in [0.2, 0.25) is 0 Å². The molecule has 2 nitrogen and oxygen atoms in total. The van der Waals surface area contributed by atoms with Crippen molar-refractivity contribution in [1.82, 2.24) is 4.98 Å². The first-order valence-corrected chi connectivity index (χ1v) is 7.29. The predicted molar refractivity (Wildman–Crippen MR) is 75.9 cm³/mol. The van der Waals surface area contributed by atoms with E-state index in [-0.39, 0.29) is 5.56 Å². The minimum atomic E-state index is -0.588. The van der Waals surface area contributed by atoms with Crippen LogP contribution in [0.1, 0.15) is 11.6 Å². The van der Waals surface area contributed by atoms with E-state index in [0.29, 0.717) is 5.75 Å². The number of nitrogens with zero attached hydrogens (tertiary/aromatic N) is 1. The van der Waals surface area contributed by atoms with Crippen molar-refractivity contribution in [2.24, 2.45) is 5.73 Å². The average Bonchev–Trinajstić information content (AvgIpc) is 2.40. The molecule has 0 radical (unpaired) electrons. The Balaban J connectivity index is 2.07. The van der Waals surface area contributed by atoms with Crippen molar-refractivity contribution in [2.75, 3.05) is 5.75 Å². The lowest BCUT2D eigenvalue weighted by Gasteiger charge is -2.12. The number of nitrogens with two attached hydrogens (primary N) is 1. The number of aromatic nitrogens is 1. The highest BCUT2D eigenvalue weighted by molar-refractivity contribution is 9.10. The van der Waals surface area contributed by atoms with Crippen LogP contribution < -0.4 is 5.73 Å². The summed E-state index contributed by atoms with van der Waals surface area (Å²) < 4.78 is 27.5. The Hall–Kier alpha value is -0.980. The molecule has 0 amide bonds. The van der Waals surface area contributed by atoms with Gasteiger partial charge in [0.05, 0.1) is 0 Å². The molecule has 2 N–H and O–H groups in total. The first kappa shape index (κ1) is 14.4. The lowest BCUT2D eigenvalue weighted by atomic mass is 10.1. The fourth-order valence-corrected chi connectivity index (χ4v) is 2.99. The Bertz CT molecular complexity index is 580. The molecule has 0 aliphatic heterocycles. The molecule has 100 valence electrons. The number of rotatable bonds is 4. The van der Waals surface area contributed by atoms with Crippen LogP contribution in [-0.4, -0.2) is 10.7 Å². The van der Waals surface area contributed by atoms with E-state index >= 15 is 0 Å². The molecule has 0 bridgehead atoms. The van der Waals surface area contributed by atoms with E-state index in [1.807, 2.05) is 6.07 Å². The molecule has 0 saturated heterocycles. The average molecular weight is 345 g/mol. The molecule has 1 atom stereocenters. The molecule has 0 fully saturated rings. The third-order valence-corrected chi connectivity index (χ3v) is 4.51. The van der Waals surface area contributed by atoms with Gasteiger partial charge in [0, 0.05) is 28.0 Å². The zero-order valence-corrected chi connectivity index (χ0v) is 12.2. The van der Waals surface area contributed by atoms with Gasteiger partial charge >= 0.3 is 0 Å². The van der Waals surface area contributed by atoms with Crippen LogP contribution in [0.3, 0.4) is 0 Å². The van der Waals surface area contributed by atoms with Gasteiger partial charge in [0.1, 0.15) is 16.7 Å². The van der Waals surface area contributed by atoms with Crippen molar-refractivity contribution in [3.05, 3.63) is 58.2 Å². The summed E-state index contributed by atoms with van der Waals surface area (Å²) in [6, 6.07) is 6.38. The molecule has 2 aromatic rings. The largest absolute Gasteiger partial charge is 0.323 e. The molecule has 6 heteroatoms. The van der Waals surface area contributed by atoms with Crippen LogP contribution >= 0.6 is 27.7 Å². The summed E-state index contributed by atoms with van der Waals surface area (Å²) in [6.45, 7) is 0. The van der Waals surface area contributed by atoms with E-state index in [2.05, 4.69) is 20.9 Å². The van der Waals surface area contributed by atoms with Crippen LogP contribution in [0.25, 0.3) is 0 Å². The molecule has 19 heavy (non-hydrogen) atoms. The van der Waals surface area contributed by atoms with Gasteiger partial charge in [0.25, 0.3) is 0 Å². The van der Waals surface area contributed by atoms with E-state index < -0.39 is 17.7 Å². The monoisotopic (exact) mass is 344 g/mol. The first-order valence-electron chi connectivity index (χ1n) is 5.52. The van der Waals surface area contributed by atoms with Crippen LogP contribution in [0.4, 0.5) is 8.78 Å². The quantitative estimate of drug-likeness (QED) is 0.854. The predicted octanol–water partition coefficient (Wildman–Crippen LogP) is 3.91. The van der Waals surface area contributed by atoms with E-state index in [1.54, 1.807) is 12.3 Å².